The van der Waals surface area contributed by atoms with Crippen LogP contribution in [0.15, 0.2) is 0 Å². The molecule has 0 aromatic carbocycles. The third-order valence-electron chi connectivity index (χ3n) is 1.15. The molecule has 0 amide bonds. The lowest BCUT2D eigenvalue weighted by Crippen LogP contribution is -1.88. The lowest BCUT2D eigenvalue weighted by Gasteiger charge is -1.80. The summed E-state index contributed by atoms with van der Waals surface area (Å²) in [5.74, 6) is -0.981. The third kappa shape index (κ3) is 205. The number of ether oxygens (including phenoxy) is 4. The highest BCUT2D eigenvalue weighted by Crippen LogP contribution is 1.61. The van der Waals surface area contributed by atoms with Crippen LogP contribution in [0.25, 0.3) is 0 Å². The molecular weight excluding hydrogens is 320 g/mol. The lowest BCUT2D eigenvalue weighted by molar-refractivity contribution is -0.138. The zero-order valence-electron chi connectivity index (χ0n) is 13.3. The molecule has 0 aromatic rings. The molecule has 8 nitrogen and oxygen atoms in total. The Hall–Kier alpha value is -2.12. The quantitative estimate of drug-likeness (QED) is 0.479. The molecule has 24 heavy (non-hydrogen) atoms. The van der Waals surface area contributed by atoms with Crippen LogP contribution in [-0.4, -0.2) is 52.3 Å². The monoisotopic (exact) mass is 360 g/mol. The van der Waals surface area contributed by atoms with Crippen molar-refractivity contribution in [3.05, 3.63) is 0 Å². The fourth-order valence-corrected chi connectivity index (χ4v) is 0. The molecule has 152 valence electrons. The van der Waals surface area contributed by atoms with E-state index < -0.39 is 0 Å². The van der Waals surface area contributed by atoms with E-state index in [2.05, 4.69) is 18.9 Å². The van der Waals surface area contributed by atoms with E-state index in [9.17, 15) is 19.2 Å². The van der Waals surface area contributed by atoms with Crippen LogP contribution in [0.3, 0.4) is 0 Å². The molecule has 0 fully saturated rings. The second-order valence-corrected chi connectivity index (χ2v) is 2.78. The van der Waals surface area contributed by atoms with Gasteiger partial charge >= 0.3 is 23.9 Å². The maximum absolute atomic E-state index is 9.59. The van der Waals surface area contributed by atoms with E-state index in [-0.39, 0.29) is 53.6 Å². The van der Waals surface area contributed by atoms with Crippen molar-refractivity contribution >= 4 is 23.9 Å². The Kier molecular flexibility index (Phi) is 88.4. The number of hydrogen-bond donors (Lipinski definition) is 0. The van der Waals surface area contributed by atoms with Crippen molar-refractivity contribution in [2.24, 2.45) is 0 Å². The minimum Gasteiger partial charge on any atom is -0.469 e. The molecule has 0 spiro atoms. The van der Waals surface area contributed by atoms with E-state index in [4.69, 9.17) is 0 Å². The van der Waals surface area contributed by atoms with Gasteiger partial charge in [-0.1, -0.05) is 29.7 Å². The first-order chi connectivity index (χ1) is 9.08. The standard InChI is InChI=1S/4C3H6O2.4CH4/c4*1-3(4)5-2;;;;/h4*1-2H3;4*1H4. The smallest absolute Gasteiger partial charge is 0.302 e. The summed E-state index contributed by atoms with van der Waals surface area (Å²) in [6.45, 7) is 5.44. The first-order valence-electron chi connectivity index (χ1n) is 5.27. The predicted molar refractivity (Wildman–Crippen MR) is 97.7 cm³/mol. The summed E-state index contributed by atoms with van der Waals surface area (Å²) >= 11 is 0. The average Bonchev–Trinajstić information content (AvgIpc) is 2.40. The van der Waals surface area contributed by atoms with Crippen molar-refractivity contribution in [2.75, 3.05) is 28.4 Å². The number of carbonyl (C=O) groups excluding carboxylic acids is 4. The zero-order valence-corrected chi connectivity index (χ0v) is 13.3. The van der Waals surface area contributed by atoms with Gasteiger partial charge < -0.3 is 18.9 Å². The van der Waals surface area contributed by atoms with Gasteiger partial charge in [0.25, 0.3) is 0 Å². The van der Waals surface area contributed by atoms with E-state index in [0.29, 0.717) is 0 Å². The Morgan fingerprint density at radius 1 is 0.417 bits per heavy atom. The van der Waals surface area contributed by atoms with Gasteiger partial charge in [0.2, 0.25) is 0 Å². The van der Waals surface area contributed by atoms with Gasteiger partial charge in [-0.15, -0.1) is 0 Å². The van der Waals surface area contributed by atoms with Crippen molar-refractivity contribution in [1.82, 2.24) is 0 Å². The van der Waals surface area contributed by atoms with Crippen molar-refractivity contribution in [1.29, 1.82) is 0 Å². The summed E-state index contributed by atoms with van der Waals surface area (Å²) in [5, 5.41) is 0. The largest absolute Gasteiger partial charge is 0.469 e. The molecule has 0 saturated carbocycles. The molecule has 0 unspecified atom stereocenters. The maximum Gasteiger partial charge on any atom is 0.302 e. The van der Waals surface area contributed by atoms with Crippen LogP contribution in [-0.2, 0) is 38.1 Å². The average molecular weight is 360 g/mol. The number of carbonyl (C=O) groups is 4. The van der Waals surface area contributed by atoms with Gasteiger partial charge in [-0.3, -0.25) is 19.2 Å². The molecule has 0 aliphatic heterocycles. The van der Waals surface area contributed by atoms with Gasteiger partial charge in [0.1, 0.15) is 0 Å². The van der Waals surface area contributed by atoms with Gasteiger partial charge in [-0.05, 0) is 0 Å². The number of hydrogen-bond acceptors (Lipinski definition) is 8. The summed E-state index contributed by atoms with van der Waals surface area (Å²) in [6, 6.07) is 0. The molecule has 0 radical (unpaired) electrons. The fraction of sp³-hybridized carbons (Fsp3) is 0.750. The minimum absolute atomic E-state index is 0. The summed E-state index contributed by atoms with van der Waals surface area (Å²) in [5.41, 5.74) is 0. The van der Waals surface area contributed by atoms with Gasteiger partial charge in [-0.25, -0.2) is 0 Å². The van der Waals surface area contributed by atoms with E-state index >= 15 is 0 Å². The fourth-order valence-electron chi connectivity index (χ4n) is 0. The van der Waals surface area contributed by atoms with Crippen LogP contribution < -0.4 is 0 Å². The number of rotatable bonds is 0. The third-order valence-corrected chi connectivity index (χ3v) is 1.15. The summed E-state index contributed by atoms with van der Waals surface area (Å²) < 4.78 is 16.4. The van der Waals surface area contributed by atoms with Crippen molar-refractivity contribution in [3.63, 3.8) is 0 Å². The Morgan fingerprint density at radius 2 is 0.458 bits per heavy atom. The molecule has 0 rings (SSSR count). The minimum atomic E-state index is -0.245. The first-order valence-corrected chi connectivity index (χ1v) is 5.27. The molecule has 0 aliphatic carbocycles. The van der Waals surface area contributed by atoms with Gasteiger partial charge in [0.15, 0.2) is 0 Å². The summed E-state index contributed by atoms with van der Waals surface area (Å²) in [6.07, 6.45) is 0. The van der Waals surface area contributed by atoms with Crippen molar-refractivity contribution in [3.8, 4) is 0 Å². The van der Waals surface area contributed by atoms with E-state index in [0.717, 1.165) is 0 Å². The van der Waals surface area contributed by atoms with E-state index in [1.165, 1.54) is 56.1 Å². The molecule has 8 heteroatoms. The van der Waals surface area contributed by atoms with E-state index in [1.54, 1.807) is 0 Å². The van der Waals surface area contributed by atoms with Gasteiger partial charge in [0.05, 0.1) is 28.4 Å². The van der Waals surface area contributed by atoms with Crippen LogP contribution in [0.5, 0.6) is 0 Å². The molecule has 0 saturated heterocycles. The second kappa shape index (κ2) is 42.8. The molecule has 0 aliphatic rings. The Labute approximate surface area is 148 Å². The summed E-state index contributed by atoms with van der Waals surface area (Å²) in [4.78, 5) is 38.4. The lowest BCUT2D eigenvalue weighted by atomic mass is 10.8. The molecule has 0 bridgehead atoms. The van der Waals surface area contributed by atoms with Crippen LogP contribution in [0.1, 0.15) is 57.4 Å². The highest BCUT2D eigenvalue weighted by Gasteiger charge is 1.77. The number of methoxy groups -OCH3 is 4. The number of esters is 4. The highest BCUT2D eigenvalue weighted by atomic mass is 16.5. The van der Waals surface area contributed by atoms with Crippen LogP contribution >= 0.6 is 0 Å². The van der Waals surface area contributed by atoms with Crippen molar-refractivity contribution in [2.45, 2.75) is 57.4 Å². The van der Waals surface area contributed by atoms with Crippen LogP contribution in [0, 0.1) is 0 Å². The normalized spacial score (nSPS) is 5.67. The maximum atomic E-state index is 9.59. The molecule has 0 atom stereocenters. The Morgan fingerprint density at radius 3 is 0.458 bits per heavy atom. The first kappa shape index (κ1) is 49.5. The van der Waals surface area contributed by atoms with Crippen LogP contribution in [0.2, 0.25) is 0 Å². The molecule has 0 aromatic heterocycles. The summed E-state index contributed by atoms with van der Waals surface area (Å²) in [7, 11) is 5.40. The molecule has 0 heterocycles. The van der Waals surface area contributed by atoms with Crippen LogP contribution in [0.4, 0.5) is 0 Å². The SMILES string of the molecule is C.C.C.C.COC(C)=O.COC(C)=O.COC(C)=O.COC(C)=O. The Balaban J connectivity index is -0.0000000225. The van der Waals surface area contributed by atoms with Gasteiger partial charge in [-0.2, -0.15) is 0 Å². The molecular formula is C16H40O8. The van der Waals surface area contributed by atoms with Crippen molar-refractivity contribution < 1.29 is 38.1 Å². The van der Waals surface area contributed by atoms with Gasteiger partial charge in [0, 0.05) is 27.7 Å². The molecule has 0 N–H and O–H groups in total. The predicted octanol–water partition coefficient (Wildman–Crippen LogP) is 3.26. The zero-order chi connectivity index (χ0) is 17.1. The highest BCUT2D eigenvalue weighted by molar-refractivity contribution is 5.66. The second-order valence-electron chi connectivity index (χ2n) is 2.78. The Bertz CT molecular complexity index is 219. The topological polar surface area (TPSA) is 105 Å². The van der Waals surface area contributed by atoms with E-state index in [1.807, 2.05) is 0 Å².